The molecule has 0 radical (unpaired) electrons. The molecule has 6 heteroatoms. The van der Waals surface area contributed by atoms with Crippen LogP contribution in [0.3, 0.4) is 0 Å². The minimum absolute atomic E-state index is 0.309. The van der Waals surface area contributed by atoms with Crippen molar-refractivity contribution in [1.29, 1.82) is 0 Å². The molecule has 0 spiro atoms. The van der Waals surface area contributed by atoms with Gasteiger partial charge in [-0.2, -0.15) is 8.78 Å². The summed E-state index contributed by atoms with van der Waals surface area (Å²) in [6.07, 6.45) is -1.86. The van der Waals surface area contributed by atoms with E-state index in [-0.39, 0.29) is 0 Å². The van der Waals surface area contributed by atoms with Crippen molar-refractivity contribution in [3.63, 3.8) is 0 Å². The summed E-state index contributed by atoms with van der Waals surface area (Å²) in [5.74, 6) is -5.84. The fraction of sp³-hybridized carbons (Fsp3) is 0.909. The Labute approximate surface area is 97.8 Å². The molecule has 1 fully saturated rings. The Morgan fingerprint density at radius 3 is 2.06 bits per heavy atom. The molecule has 1 rings (SSSR count). The lowest BCUT2D eigenvalue weighted by atomic mass is 9.80. The lowest BCUT2D eigenvalue weighted by molar-refractivity contribution is -0.170. The monoisotopic (exact) mass is 255 g/mol. The Hall–Kier alpha value is -0.810. The van der Waals surface area contributed by atoms with Crippen LogP contribution in [0.15, 0.2) is 0 Å². The standard InChI is InChI=1S/C11H17F4NO/c1-6-3-7(2)5-8(4-6)16-10(17)11(14,15)9(12)13/h6-9H,3-5H2,1-2H3,(H,16,17). The van der Waals surface area contributed by atoms with E-state index in [1.807, 2.05) is 19.2 Å². The molecule has 100 valence electrons. The zero-order valence-electron chi connectivity index (χ0n) is 9.85. The highest BCUT2D eigenvalue weighted by atomic mass is 19.3. The molecule has 0 aromatic rings. The Bertz CT molecular complexity index is 273. The van der Waals surface area contributed by atoms with Crippen LogP contribution in [0.5, 0.6) is 0 Å². The highest BCUT2D eigenvalue weighted by Gasteiger charge is 2.49. The first-order valence-electron chi connectivity index (χ1n) is 5.70. The van der Waals surface area contributed by atoms with Crippen LogP contribution in [0, 0.1) is 11.8 Å². The van der Waals surface area contributed by atoms with E-state index < -0.39 is 24.3 Å². The van der Waals surface area contributed by atoms with Crippen molar-refractivity contribution in [2.24, 2.45) is 11.8 Å². The topological polar surface area (TPSA) is 29.1 Å². The van der Waals surface area contributed by atoms with E-state index in [2.05, 4.69) is 0 Å². The lowest BCUT2D eigenvalue weighted by Crippen LogP contribution is -2.50. The van der Waals surface area contributed by atoms with Gasteiger partial charge >= 0.3 is 12.3 Å². The summed E-state index contributed by atoms with van der Waals surface area (Å²) in [4.78, 5) is 11.0. The number of hydrogen-bond donors (Lipinski definition) is 1. The van der Waals surface area contributed by atoms with Crippen LogP contribution in [0.1, 0.15) is 33.1 Å². The molecule has 0 aromatic heterocycles. The van der Waals surface area contributed by atoms with Gasteiger partial charge < -0.3 is 5.32 Å². The third-order valence-electron chi connectivity index (χ3n) is 3.09. The molecule has 1 aliphatic rings. The van der Waals surface area contributed by atoms with Crippen LogP contribution in [-0.2, 0) is 4.79 Å². The van der Waals surface area contributed by atoms with Crippen molar-refractivity contribution in [2.45, 2.75) is 51.5 Å². The summed E-state index contributed by atoms with van der Waals surface area (Å²) >= 11 is 0. The largest absolute Gasteiger partial charge is 0.383 e. The van der Waals surface area contributed by atoms with Crippen LogP contribution in [0.4, 0.5) is 17.6 Å². The van der Waals surface area contributed by atoms with Gasteiger partial charge in [-0.3, -0.25) is 4.79 Å². The lowest BCUT2D eigenvalue weighted by Gasteiger charge is -2.32. The molecule has 1 amide bonds. The number of hydrogen-bond acceptors (Lipinski definition) is 1. The van der Waals surface area contributed by atoms with E-state index in [4.69, 9.17) is 0 Å². The number of alkyl halides is 4. The molecule has 2 atom stereocenters. The fourth-order valence-electron chi connectivity index (χ4n) is 2.45. The first-order valence-corrected chi connectivity index (χ1v) is 5.70. The molecule has 0 saturated heterocycles. The van der Waals surface area contributed by atoms with Gasteiger partial charge in [0.15, 0.2) is 0 Å². The summed E-state index contributed by atoms with van der Waals surface area (Å²) in [6.45, 7) is 3.92. The maximum absolute atomic E-state index is 12.7. The number of nitrogens with one attached hydrogen (secondary N) is 1. The Morgan fingerprint density at radius 1 is 1.18 bits per heavy atom. The summed E-state index contributed by atoms with van der Waals surface area (Å²) in [5.41, 5.74) is 0. The van der Waals surface area contributed by atoms with Crippen LogP contribution < -0.4 is 5.32 Å². The van der Waals surface area contributed by atoms with Gasteiger partial charge in [0.1, 0.15) is 0 Å². The van der Waals surface area contributed by atoms with Crippen LogP contribution in [0.2, 0.25) is 0 Å². The maximum Gasteiger partial charge on any atom is 0.383 e. The Morgan fingerprint density at radius 2 is 1.65 bits per heavy atom. The van der Waals surface area contributed by atoms with Crippen molar-refractivity contribution < 1.29 is 22.4 Å². The van der Waals surface area contributed by atoms with Crippen LogP contribution in [-0.4, -0.2) is 24.3 Å². The summed E-state index contributed by atoms with van der Waals surface area (Å²) in [6, 6.07) is -0.425. The first-order chi connectivity index (χ1) is 7.73. The van der Waals surface area contributed by atoms with Gasteiger partial charge in [-0.25, -0.2) is 8.78 Å². The quantitative estimate of drug-likeness (QED) is 0.772. The average molecular weight is 255 g/mol. The molecule has 2 nitrogen and oxygen atoms in total. The Kier molecular flexibility index (Phi) is 4.38. The average Bonchev–Trinajstić information content (AvgIpc) is 2.15. The van der Waals surface area contributed by atoms with Crippen LogP contribution in [0.25, 0.3) is 0 Å². The molecule has 2 unspecified atom stereocenters. The molecular weight excluding hydrogens is 238 g/mol. The van der Waals surface area contributed by atoms with Gasteiger partial charge in [0, 0.05) is 6.04 Å². The van der Waals surface area contributed by atoms with Gasteiger partial charge in [0.25, 0.3) is 5.91 Å². The van der Waals surface area contributed by atoms with Gasteiger partial charge in [0.05, 0.1) is 0 Å². The number of carbonyl (C=O) groups is 1. The van der Waals surface area contributed by atoms with E-state index in [1.165, 1.54) is 0 Å². The van der Waals surface area contributed by atoms with Crippen molar-refractivity contribution in [1.82, 2.24) is 5.32 Å². The summed E-state index contributed by atoms with van der Waals surface area (Å²) < 4.78 is 49.4. The second-order valence-corrected chi connectivity index (χ2v) is 5.01. The van der Waals surface area contributed by atoms with E-state index in [0.717, 1.165) is 6.42 Å². The highest BCUT2D eigenvalue weighted by Crippen LogP contribution is 2.30. The highest BCUT2D eigenvalue weighted by molar-refractivity contribution is 5.84. The van der Waals surface area contributed by atoms with Gasteiger partial charge in [0.2, 0.25) is 0 Å². The number of carbonyl (C=O) groups excluding carboxylic acids is 1. The second kappa shape index (κ2) is 5.23. The molecule has 1 aliphatic carbocycles. The normalized spacial score (nSPS) is 30.4. The predicted molar refractivity (Wildman–Crippen MR) is 55.1 cm³/mol. The molecule has 0 aromatic carbocycles. The van der Waals surface area contributed by atoms with Gasteiger partial charge in [-0.15, -0.1) is 0 Å². The molecule has 0 aliphatic heterocycles. The first kappa shape index (κ1) is 14.3. The van der Waals surface area contributed by atoms with Gasteiger partial charge in [-0.05, 0) is 31.1 Å². The molecule has 17 heavy (non-hydrogen) atoms. The smallest absolute Gasteiger partial charge is 0.348 e. The van der Waals surface area contributed by atoms with Crippen molar-refractivity contribution in [2.75, 3.05) is 0 Å². The SMILES string of the molecule is CC1CC(C)CC(NC(=O)C(F)(F)C(F)F)C1. The number of halogens is 4. The third-order valence-corrected chi connectivity index (χ3v) is 3.09. The Balaban J connectivity index is 2.57. The zero-order chi connectivity index (χ0) is 13.2. The summed E-state index contributed by atoms with van der Waals surface area (Å²) in [7, 11) is 0. The molecular formula is C11H17F4NO. The van der Waals surface area contributed by atoms with Crippen molar-refractivity contribution in [3.8, 4) is 0 Å². The molecule has 0 bridgehead atoms. The van der Waals surface area contributed by atoms with Crippen LogP contribution >= 0.6 is 0 Å². The number of rotatable bonds is 3. The van der Waals surface area contributed by atoms with E-state index in [0.29, 0.717) is 24.7 Å². The van der Waals surface area contributed by atoms with E-state index in [1.54, 1.807) is 0 Å². The zero-order valence-corrected chi connectivity index (χ0v) is 9.85. The minimum atomic E-state index is -4.59. The maximum atomic E-state index is 12.7. The number of amides is 1. The second-order valence-electron chi connectivity index (χ2n) is 5.01. The molecule has 0 heterocycles. The van der Waals surface area contributed by atoms with Crippen molar-refractivity contribution in [3.05, 3.63) is 0 Å². The molecule has 1 N–H and O–H groups in total. The predicted octanol–water partition coefficient (Wildman–Crippen LogP) is 2.83. The minimum Gasteiger partial charge on any atom is -0.348 e. The van der Waals surface area contributed by atoms with Crippen molar-refractivity contribution >= 4 is 5.91 Å². The van der Waals surface area contributed by atoms with Gasteiger partial charge in [-0.1, -0.05) is 13.8 Å². The third kappa shape index (κ3) is 3.57. The fourth-order valence-corrected chi connectivity index (χ4v) is 2.45. The van der Waals surface area contributed by atoms with E-state index in [9.17, 15) is 22.4 Å². The molecule has 1 saturated carbocycles. The van der Waals surface area contributed by atoms with E-state index >= 15 is 0 Å². The summed E-state index contributed by atoms with van der Waals surface area (Å²) in [5, 5.41) is 2.03.